The van der Waals surface area contributed by atoms with Gasteiger partial charge in [0.25, 0.3) is 0 Å². The molecule has 86 valence electrons. The molecule has 3 N–H and O–H groups in total. The van der Waals surface area contributed by atoms with Gasteiger partial charge in [-0.25, -0.2) is 4.79 Å². The summed E-state index contributed by atoms with van der Waals surface area (Å²) in [6.07, 6.45) is 1.13. The van der Waals surface area contributed by atoms with Crippen LogP contribution in [0.25, 0.3) is 0 Å². The Bertz CT molecular complexity index is 411. The summed E-state index contributed by atoms with van der Waals surface area (Å²) < 4.78 is 0. The van der Waals surface area contributed by atoms with E-state index in [9.17, 15) is 9.90 Å². The lowest BCUT2D eigenvalue weighted by molar-refractivity contribution is 0.0697. The van der Waals surface area contributed by atoms with Gasteiger partial charge in [0.15, 0.2) is 0 Å². The van der Waals surface area contributed by atoms with E-state index in [-0.39, 0.29) is 12.1 Å². The van der Waals surface area contributed by atoms with Crippen molar-refractivity contribution < 1.29 is 15.0 Å². The Morgan fingerprint density at radius 3 is 2.69 bits per heavy atom. The fraction of sp³-hybridized carbons (Fsp3) is 0.417. The lowest BCUT2D eigenvalue weighted by atomic mass is 9.89. The Kier molecular flexibility index (Phi) is 2.83. The second-order valence-electron chi connectivity index (χ2n) is 4.27. The molecule has 4 nitrogen and oxygen atoms in total. The van der Waals surface area contributed by atoms with Gasteiger partial charge >= 0.3 is 5.97 Å². The van der Waals surface area contributed by atoms with E-state index >= 15 is 0 Å². The molecular formula is C12H15NO3. The number of carbonyl (C=O) groups is 1. The standard InChI is InChI=1S/C12H15NO3/c1-7-3-2-4-10(12(15)16)11(7)13-8-5-9(14)6-8/h2-4,8-9,13-14H,5-6H2,1H3,(H,15,16). The van der Waals surface area contributed by atoms with Crippen LogP contribution >= 0.6 is 0 Å². The summed E-state index contributed by atoms with van der Waals surface area (Å²) in [7, 11) is 0. The van der Waals surface area contributed by atoms with Gasteiger partial charge in [0.2, 0.25) is 0 Å². The number of aryl methyl sites for hydroxylation is 1. The quantitative estimate of drug-likeness (QED) is 0.725. The zero-order valence-electron chi connectivity index (χ0n) is 9.10. The first-order chi connectivity index (χ1) is 7.58. The Morgan fingerprint density at radius 1 is 1.44 bits per heavy atom. The number of aliphatic hydroxyl groups excluding tert-OH is 1. The van der Waals surface area contributed by atoms with Crippen molar-refractivity contribution in [1.29, 1.82) is 0 Å². The van der Waals surface area contributed by atoms with Crippen molar-refractivity contribution >= 4 is 11.7 Å². The van der Waals surface area contributed by atoms with Crippen LogP contribution in [0.1, 0.15) is 28.8 Å². The number of hydrogen-bond donors (Lipinski definition) is 3. The molecular weight excluding hydrogens is 206 g/mol. The first-order valence-corrected chi connectivity index (χ1v) is 5.35. The first kappa shape index (κ1) is 11.0. The normalized spacial score (nSPS) is 23.6. The molecule has 2 rings (SSSR count). The molecule has 1 aromatic carbocycles. The molecule has 1 saturated carbocycles. The third-order valence-corrected chi connectivity index (χ3v) is 2.96. The van der Waals surface area contributed by atoms with E-state index in [1.165, 1.54) is 0 Å². The monoisotopic (exact) mass is 221 g/mol. The van der Waals surface area contributed by atoms with Crippen molar-refractivity contribution in [3.63, 3.8) is 0 Å². The molecule has 0 unspecified atom stereocenters. The van der Waals surface area contributed by atoms with Gasteiger partial charge in [-0.3, -0.25) is 0 Å². The summed E-state index contributed by atoms with van der Waals surface area (Å²) >= 11 is 0. The fourth-order valence-electron chi connectivity index (χ4n) is 1.95. The summed E-state index contributed by atoms with van der Waals surface area (Å²) in [5.74, 6) is -0.925. The largest absolute Gasteiger partial charge is 0.478 e. The minimum Gasteiger partial charge on any atom is -0.478 e. The van der Waals surface area contributed by atoms with Gasteiger partial charge in [0, 0.05) is 6.04 Å². The third kappa shape index (κ3) is 2.02. The van der Waals surface area contributed by atoms with Crippen molar-refractivity contribution in [3.05, 3.63) is 29.3 Å². The Morgan fingerprint density at radius 2 is 2.12 bits per heavy atom. The lowest BCUT2D eigenvalue weighted by Crippen LogP contribution is -2.39. The van der Waals surface area contributed by atoms with Gasteiger partial charge in [0.05, 0.1) is 17.4 Å². The number of carboxylic acid groups (broad SMARTS) is 1. The molecule has 16 heavy (non-hydrogen) atoms. The predicted molar refractivity (Wildman–Crippen MR) is 60.8 cm³/mol. The van der Waals surface area contributed by atoms with Gasteiger partial charge in [-0.2, -0.15) is 0 Å². The van der Waals surface area contributed by atoms with Crippen LogP contribution in [0.5, 0.6) is 0 Å². The molecule has 1 aliphatic rings. The van der Waals surface area contributed by atoms with Gasteiger partial charge in [0.1, 0.15) is 0 Å². The predicted octanol–water partition coefficient (Wildman–Crippen LogP) is 1.63. The van der Waals surface area contributed by atoms with E-state index < -0.39 is 5.97 Å². The van der Waals surface area contributed by atoms with E-state index in [1.807, 2.05) is 13.0 Å². The summed E-state index contributed by atoms with van der Waals surface area (Å²) in [4.78, 5) is 11.0. The highest BCUT2D eigenvalue weighted by molar-refractivity contribution is 5.95. The number of benzene rings is 1. The zero-order valence-corrected chi connectivity index (χ0v) is 9.10. The van der Waals surface area contributed by atoms with Crippen molar-refractivity contribution in [1.82, 2.24) is 0 Å². The molecule has 0 amide bonds. The minimum atomic E-state index is -0.925. The van der Waals surface area contributed by atoms with Crippen LogP contribution in [-0.2, 0) is 0 Å². The molecule has 0 aromatic heterocycles. The summed E-state index contributed by atoms with van der Waals surface area (Å²) in [6, 6.07) is 5.39. The molecule has 1 aromatic rings. The van der Waals surface area contributed by atoms with Crippen LogP contribution in [-0.4, -0.2) is 28.3 Å². The molecule has 1 fully saturated rings. The molecule has 0 radical (unpaired) electrons. The zero-order chi connectivity index (χ0) is 11.7. The highest BCUT2D eigenvalue weighted by Crippen LogP contribution is 2.28. The second kappa shape index (κ2) is 4.14. The third-order valence-electron chi connectivity index (χ3n) is 2.96. The molecule has 0 spiro atoms. The van der Waals surface area contributed by atoms with E-state index in [2.05, 4.69) is 5.32 Å². The maximum absolute atomic E-state index is 11.0. The number of nitrogens with one attached hydrogen (secondary N) is 1. The minimum absolute atomic E-state index is 0.189. The number of para-hydroxylation sites is 1. The van der Waals surface area contributed by atoms with Crippen LogP contribution in [0.4, 0.5) is 5.69 Å². The number of carboxylic acids is 1. The van der Waals surface area contributed by atoms with Crippen molar-refractivity contribution in [2.75, 3.05) is 5.32 Å². The maximum Gasteiger partial charge on any atom is 0.337 e. The molecule has 4 heteroatoms. The molecule has 0 saturated heterocycles. The van der Waals surface area contributed by atoms with Crippen LogP contribution in [0, 0.1) is 6.92 Å². The highest BCUT2D eigenvalue weighted by atomic mass is 16.4. The van der Waals surface area contributed by atoms with Crippen molar-refractivity contribution in [2.24, 2.45) is 0 Å². The second-order valence-corrected chi connectivity index (χ2v) is 4.27. The van der Waals surface area contributed by atoms with Crippen molar-refractivity contribution in [2.45, 2.75) is 31.9 Å². The maximum atomic E-state index is 11.0. The van der Waals surface area contributed by atoms with E-state index in [0.717, 1.165) is 5.56 Å². The number of hydrogen-bond acceptors (Lipinski definition) is 3. The highest BCUT2D eigenvalue weighted by Gasteiger charge is 2.28. The SMILES string of the molecule is Cc1cccc(C(=O)O)c1NC1CC(O)C1. The Labute approximate surface area is 93.9 Å². The van der Waals surface area contributed by atoms with Gasteiger partial charge in [-0.15, -0.1) is 0 Å². The summed E-state index contributed by atoms with van der Waals surface area (Å²) in [5, 5.41) is 21.4. The topological polar surface area (TPSA) is 69.6 Å². The van der Waals surface area contributed by atoms with E-state index in [0.29, 0.717) is 24.1 Å². The van der Waals surface area contributed by atoms with E-state index in [1.54, 1.807) is 12.1 Å². The van der Waals surface area contributed by atoms with E-state index in [4.69, 9.17) is 5.11 Å². The van der Waals surface area contributed by atoms with Gasteiger partial charge in [-0.1, -0.05) is 12.1 Å². The van der Waals surface area contributed by atoms with Gasteiger partial charge in [-0.05, 0) is 31.4 Å². The average molecular weight is 221 g/mol. The number of aliphatic hydroxyl groups is 1. The van der Waals surface area contributed by atoms with Crippen LogP contribution < -0.4 is 5.32 Å². The smallest absolute Gasteiger partial charge is 0.337 e. The molecule has 0 aliphatic heterocycles. The Balaban J connectivity index is 2.21. The fourth-order valence-corrected chi connectivity index (χ4v) is 1.95. The molecule has 0 heterocycles. The van der Waals surface area contributed by atoms with Crippen molar-refractivity contribution in [3.8, 4) is 0 Å². The molecule has 1 aliphatic carbocycles. The average Bonchev–Trinajstić information content (AvgIpc) is 2.18. The first-order valence-electron chi connectivity index (χ1n) is 5.35. The van der Waals surface area contributed by atoms with Crippen LogP contribution in [0.2, 0.25) is 0 Å². The molecule has 0 bridgehead atoms. The summed E-state index contributed by atoms with van der Waals surface area (Å²) in [6.45, 7) is 1.88. The number of rotatable bonds is 3. The number of anilines is 1. The van der Waals surface area contributed by atoms with Crippen LogP contribution in [0.3, 0.4) is 0 Å². The van der Waals surface area contributed by atoms with Gasteiger partial charge < -0.3 is 15.5 Å². The summed E-state index contributed by atoms with van der Waals surface area (Å²) in [5.41, 5.74) is 1.88. The lowest BCUT2D eigenvalue weighted by Gasteiger charge is -2.33. The Hall–Kier alpha value is -1.55. The molecule has 0 atom stereocenters. The number of aromatic carboxylic acids is 1. The van der Waals surface area contributed by atoms with Crippen LogP contribution in [0.15, 0.2) is 18.2 Å².